The Balaban J connectivity index is 1.27. The van der Waals surface area contributed by atoms with Crippen LogP contribution in [0.3, 0.4) is 0 Å². The van der Waals surface area contributed by atoms with Gasteiger partial charge in [-0.3, -0.25) is 14.7 Å². The number of rotatable bonds is 7. The Bertz CT molecular complexity index is 1050. The summed E-state index contributed by atoms with van der Waals surface area (Å²) in [5, 5.41) is 2.98. The maximum absolute atomic E-state index is 12.3. The minimum absolute atomic E-state index is 0.0143. The van der Waals surface area contributed by atoms with E-state index in [1.807, 2.05) is 73.7 Å². The van der Waals surface area contributed by atoms with Crippen molar-refractivity contribution in [3.8, 4) is 5.75 Å². The number of amides is 1. The Morgan fingerprint density at radius 3 is 2.68 bits per heavy atom. The summed E-state index contributed by atoms with van der Waals surface area (Å²) in [5.74, 6) is 0.777. The quantitative estimate of drug-likeness (QED) is 0.610. The zero-order valence-corrected chi connectivity index (χ0v) is 17.8. The Morgan fingerprint density at radius 2 is 1.97 bits per heavy atom. The van der Waals surface area contributed by atoms with Crippen molar-refractivity contribution >= 4 is 17.2 Å². The maximum Gasteiger partial charge on any atom is 0.238 e. The molecule has 5 nitrogen and oxygen atoms in total. The number of ether oxygens (including phenoxy) is 1. The summed E-state index contributed by atoms with van der Waals surface area (Å²) in [4.78, 5) is 19.1. The van der Waals surface area contributed by atoms with E-state index in [4.69, 9.17) is 4.74 Å². The molecule has 0 aliphatic carbocycles. The maximum atomic E-state index is 12.3. The van der Waals surface area contributed by atoms with Crippen LogP contribution in [0.2, 0.25) is 0 Å². The molecule has 3 aromatic rings. The predicted octanol–water partition coefficient (Wildman–Crippen LogP) is 4.70. The SMILES string of the molecule is Cc1cccc(NC(=O)CN2CC=C(c3ccc(OCc4ccccc4)cn3)CC2)c1. The van der Waals surface area contributed by atoms with Crippen LogP contribution in [0, 0.1) is 6.92 Å². The third kappa shape index (κ3) is 6.03. The van der Waals surface area contributed by atoms with Gasteiger partial charge < -0.3 is 10.1 Å². The van der Waals surface area contributed by atoms with Crippen LogP contribution >= 0.6 is 0 Å². The number of benzene rings is 2. The number of pyridine rings is 1. The molecule has 0 fully saturated rings. The predicted molar refractivity (Wildman–Crippen MR) is 124 cm³/mol. The largest absolute Gasteiger partial charge is 0.487 e. The second-order valence-electron chi connectivity index (χ2n) is 7.79. The molecule has 1 aromatic heterocycles. The van der Waals surface area contributed by atoms with Crippen LogP contribution in [0.25, 0.3) is 5.57 Å². The number of hydrogen-bond donors (Lipinski definition) is 1. The van der Waals surface area contributed by atoms with Gasteiger partial charge in [-0.05, 0) is 54.3 Å². The molecular formula is C26H27N3O2. The fraction of sp³-hybridized carbons (Fsp3) is 0.231. The standard InChI is InChI=1S/C26H27N3O2/c1-20-6-5-9-23(16-20)28-26(30)18-29-14-12-22(13-15-29)25-11-10-24(17-27-25)31-19-21-7-3-2-4-8-21/h2-12,16-17H,13-15,18-19H2,1H3,(H,28,30). The lowest BCUT2D eigenvalue weighted by atomic mass is 10.0. The fourth-order valence-electron chi connectivity index (χ4n) is 3.61. The molecule has 1 aliphatic heterocycles. The van der Waals surface area contributed by atoms with E-state index in [0.717, 1.165) is 47.8 Å². The van der Waals surface area contributed by atoms with Crippen molar-refractivity contribution in [3.05, 3.63) is 95.8 Å². The average Bonchev–Trinajstić information content (AvgIpc) is 2.79. The van der Waals surface area contributed by atoms with Crippen molar-refractivity contribution in [2.24, 2.45) is 0 Å². The van der Waals surface area contributed by atoms with E-state index in [1.54, 1.807) is 6.20 Å². The third-order valence-electron chi connectivity index (χ3n) is 5.28. The topological polar surface area (TPSA) is 54.5 Å². The van der Waals surface area contributed by atoms with Crippen LogP contribution in [-0.4, -0.2) is 35.4 Å². The molecule has 0 radical (unpaired) electrons. The molecule has 158 valence electrons. The number of anilines is 1. The van der Waals surface area contributed by atoms with Gasteiger partial charge in [-0.25, -0.2) is 0 Å². The van der Waals surface area contributed by atoms with E-state index in [2.05, 4.69) is 21.3 Å². The highest BCUT2D eigenvalue weighted by Gasteiger charge is 2.16. The number of aromatic nitrogens is 1. The molecule has 5 heteroatoms. The molecule has 1 amide bonds. The third-order valence-corrected chi connectivity index (χ3v) is 5.28. The van der Waals surface area contributed by atoms with Gasteiger partial charge in [0.2, 0.25) is 5.91 Å². The lowest BCUT2D eigenvalue weighted by Gasteiger charge is -2.25. The molecule has 4 rings (SSSR count). The highest BCUT2D eigenvalue weighted by atomic mass is 16.5. The zero-order valence-electron chi connectivity index (χ0n) is 17.8. The summed E-state index contributed by atoms with van der Waals surface area (Å²) < 4.78 is 5.82. The van der Waals surface area contributed by atoms with Gasteiger partial charge in [0.15, 0.2) is 0 Å². The highest BCUT2D eigenvalue weighted by molar-refractivity contribution is 5.92. The number of aryl methyl sites for hydroxylation is 1. The van der Waals surface area contributed by atoms with Crippen molar-refractivity contribution in [2.45, 2.75) is 20.0 Å². The molecule has 1 aliphatic rings. The lowest BCUT2D eigenvalue weighted by Crippen LogP contribution is -2.36. The molecule has 31 heavy (non-hydrogen) atoms. The summed E-state index contributed by atoms with van der Waals surface area (Å²) in [6, 6.07) is 21.9. The van der Waals surface area contributed by atoms with Crippen molar-refractivity contribution in [2.75, 3.05) is 25.0 Å². The van der Waals surface area contributed by atoms with Crippen LogP contribution in [0.1, 0.15) is 23.2 Å². The Labute approximate surface area is 183 Å². The minimum Gasteiger partial charge on any atom is -0.487 e. The van der Waals surface area contributed by atoms with Crippen molar-refractivity contribution in [1.29, 1.82) is 0 Å². The van der Waals surface area contributed by atoms with Gasteiger partial charge in [-0.1, -0.05) is 48.5 Å². The molecular weight excluding hydrogens is 386 g/mol. The summed E-state index contributed by atoms with van der Waals surface area (Å²) in [5.41, 5.74) is 5.29. The van der Waals surface area contributed by atoms with Crippen LogP contribution in [0.5, 0.6) is 5.75 Å². The molecule has 0 unspecified atom stereocenters. The highest BCUT2D eigenvalue weighted by Crippen LogP contribution is 2.22. The van der Waals surface area contributed by atoms with E-state index in [1.165, 1.54) is 5.57 Å². The average molecular weight is 414 g/mol. The molecule has 0 bridgehead atoms. The van der Waals surface area contributed by atoms with Gasteiger partial charge in [0.1, 0.15) is 12.4 Å². The van der Waals surface area contributed by atoms with Crippen LogP contribution in [-0.2, 0) is 11.4 Å². The van der Waals surface area contributed by atoms with E-state index >= 15 is 0 Å². The fourth-order valence-corrected chi connectivity index (χ4v) is 3.61. The second-order valence-corrected chi connectivity index (χ2v) is 7.79. The van der Waals surface area contributed by atoms with Gasteiger partial charge >= 0.3 is 0 Å². The van der Waals surface area contributed by atoms with Crippen LogP contribution < -0.4 is 10.1 Å². The molecule has 0 atom stereocenters. The first-order valence-corrected chi connectivity index (χ1v) is 10.6. The Kier molecular flexibility index (Phi) is 6.75. The van der Waals surface area contributed by atoms with Gasteiger partial charge in [0, 0.05) is 18.8 Å². The second kappa shape index (κ2) is 10.0. The number of nitrogens with zero attached hydrogens (tertiary/aromatic N) is 2. The first-order chi connectivity index (χ1) is 15.2. The Hall–Kier alpha value is -3.44. The number of nitrogens with one attached hydrogen (secondary N) is 1. The first-order valence-electron chi connectivity index (χ1n) is 10.6. The van der Waals surface area contributed by atoms with Crippen molar-refractivity contribution in [1.82, 2.24) is 9.88 Å². The summed E-state index contributed by atoms with van der Waals surface area (Å²) in [7, 11) is 0. The van der Waals surface area contributed by atoms with E-state index in [9.17, 15) is 4.79 Å². The first kappa shape index (κ1) is 20.8. The number of hydrogen-bond acceptors (Lipinski definition) is 4. The zero-order chi connectivity index (χ0) is 21.5. The van der Waals surface area contributed by atoms with E-state index in [0.29, 0.717) is 13.2 Å². The van der Waals surface area contributed by atoms with Crippen molar-refractivity contribution in [3.63, 3.8) is 0 Å². The number of carbonyl (C=O) groups excluding carboxylic acids is 1. The minimum atomic E-state index is 0.0143. The summed E-state index contributed by atoms with van der Waals surface area (Å²) in [6.45, 7) is 4.51. The van der Waals surface area contributed by atoms with Gasteiger partial charge in [0.25, 0.3) is 0 Å². The van der Waals surface area contributed by atoms with Crippen LogP contribution in [0.15, 0.2) is 79.0 Å². The number of carbonyl (C=O) groups is 1. The Morgan fingerprint density at radius 1 is 1.10 bits per heavy atom. The molecule has 0 spiro atoms. The monoisotopic (exact) mass is 413 g/mol. The van der Waals surface area contributed by atoms with E-state index in [-0.39, 0.29) is 5.91 Å². The van der Waals surface area contributed by atoms with Crippen molar-refractivity contribution < 1.29 is 9.53 Å². The molecule has 2 heterocycles. The summed E-state index contributed by atoms with van der Waals surface area (Å²) >= 11 is 0. The van der Waals surface area contributed by atoms with E-state index < -0.39 is 0 Å². The smallest absolute Gasteiger partial charge is 0.238 e. The van der Waals surface area contributed by atoms with Gasteiger partial charge in [-0.2, -0.15) is 0 Å². The van der Waals surface area contributed by atoms with Gasteiger partial charge in [-0.15, -0.1) is 0 Å². The molecule has 1 N–H and O–H groups in total. The molecule has 2 aromatic carbocycles. The molecule has 0 saturated heterocycles. The normalized spacial score (nSPS) is 14.0. The lowest BCUT2D eigenvalue weighted by molar-refractivity contribution is -0.117. The van der Waals surface area contributed by atoms with Crippen LogP contribution in [0.4, 0.5) is 5.69 Å². The molecule has 0 saturated carbocycles. The summed E-state index contributed by atoms with van der Waals surface area (Å²) in [6.07, 6.45) is 4.81. The van der Waals surface area contributed by atoms with Gasteiger partial charge in [0.05, 0.1) is 18.4 Å².